The van der Waals surface area contributed by atoms with Crippen molar-refractivity contribution in [3.05, 3.63) is 91.0 Å². The summed E-state index contributed by atoms with van der Waals surface area (Å²) in [5.74, 6) is 5.53. The van der Waals surface area contributed by atoms with Crippen LogP contribution in [0.4, 0.5) is 0 Å². The summed E-state index contributed by atoms with van der Waals surface area (Å²) in [7, 11) is -1.74. The first-order valence-corrected chi connectivity index (χ1v) is 21.0. The molecule has 2 heteroatoms. The molecule has 3 aromatic rings. The Morgan fingerprint density at radius 2 is 1.30 bits per heavy atom. The van der Waals surface area contributed by atoms with Gasteiger partial charge in [-0.3, -0.25) is 0 Å². The zero-order valence-electron chi connectivity index (χ0n) is 27.5. The van der Waals surface area contributed by atoms with Gasteiger partial charge in [-0.2, -0.15) is 0 Å². The minimum absolute atomic E-state index is 0.533. The van der Waals surface area contributed by atoms with E-state index in [9.17, 15) is 0 Å². The van der Waals surface area contributed by atoms with E-state index in [2.05, 4.69) is 128 Å². The average molecular weight is 671 g/mol. The molecule has 4 saturated carbocycles. The molecule has 0 aromatic heterocycles. The highest BCUT2D eigenvalue weighted by molar-refractivity contribution is 9.09. The van der Waals surface area contributed by atoms with Gasteiger partial charge in [0.05, 0.1) is 6.16 Å². The summed E-state index contributed by atoms with van der Waals surface area (Å²) < 4.78 is 0. The molecule has 9 atom stereocenters. The monoisotopic (exact) mass is 669 g/mol. The van der Waals surface area contributed by atoms with Gasteiger partial charge in [0.1, 0.15) is 23.2 Å². The third-order valence-corrected chi connectivity index (χ3v) is 20.1. The molecule has 4 aliphatic carbocycles. The summed E-state index contributed by atoms with van der Waals surface area (Å²) >= 11 is 4.27. The van der Waals surface area contributed by atoms with Crippen molar-refractivity contribution in [2.24, 2.45) is 46.3 Å². The fourth-order valence-corrected chi connectivity index (χ4v) is 17.4. The summed E-state index contributed by atoms with van der Waals surface area (Å²) in [6.45, 7) is 8.12. The van der Waals surface area contributed by atoms with Gasteiger partial charge in [0.15, 0.2) is 0 Å². The van der Waals surface area contributed by atoms with Crippen LogP contribution < -0.4 is 15.9 Å². The lowest BCUT2D eigenvalue weighted by atomic mass is 9.44. The number of hydrogen-bond donors (Lipinski definition) is 0. The summed E-state index contributed by atoms with van der Waals surface area (Å²) in [5.41, 5.74) is 1.08. The zero-order valence-corrected chi connectivity index (χ0v) is 30.0. The number of alkyl halides is 1. The van der Waals surface area contributed by atoms with Gasteiger partial charge >= 0.3 is 0 Å². The van der Waals surface area contributed by atoms with Gasteiger partial charge in [-0.25, -0.2) is 0 Å². The summed E-state index contributed by atoms with van der Waals surface area (Å²) in [6.07, 6.45) is 17.2. The van der Waals surface area contributed by atoms with Crippen LogP contribution in [-0.4, -0.2) is 11.0 Å². The van der Waals surface area contributed by atoms with Gasteiger partial charge in [-0.05, 0) is 147 Å². The van der Waals surface area contributed by atoms with E-state index in [0.29, 0.717) is 10.8 Å². The maximum Gasteiger partial charge on any atom is 0.112 e. The van der Waals surface area contributed by atoms with E-state index in [1.54, 1.807) is 0 Å². The molecule has 4 aliphatic rings. The van der Waals surface area contributed by atoms with E-state index in [1.165, 1.54) is 92.7 Å². The van der Waals surface area contributed by atoms with Crippen LogP contribution in [0.5, 0.6) is 0 Å². The molecule has 0 amide bonds. The molecule has 4 unspecified atom stereocenters. The molecule has 0 nitrogen and oxygen atoms in total. The fourth-order valence-electron chi connectivity index (χ4n) is 12.0. The summed E-state index contributed by atoms with van der Waals surface area (Å²) in [4.78, 5) is 0.740. The smallest absolute Gasteiger partial charge is 0.0885 e. The molecule has 0 heterocycles. The van der Waals surface area contributed by atoms with Crippen molar-refractivity contribution >= 4 is 39.1 Å². The van der Waals surface area contributed by atoms with Crippen molar-refractivity contribution in [1.82, 2.24) is 0 Å². The molecule has 0 bridgehead atoms. The number of halogens is 1. The normalized spacial score (nSPS) is 35.7. The van der Waals surface area contributed by atoms with E-state index in [4.69, 9.17) is 0 Å². The van der Waals surface area contributed by atoms with Crippen molar-refractivity contribution < 1.29 is 0 Å². The molecule has 44 heavy (non-hydrogen) atoms. The van der Waals surface area contributed by atoms with E-state index in [0.717, 1.165) is 40.3 Å². The third kappa shape index (κ3) is 5.10. The van der Waals surface area contributed by atoms with E-state index in [1.807, 2.05) is 0 Å². The van der Waals surface area contributed by atoms with E-state index < -0.39 is 7.26 Å². The van der Waals surface area contributed by atoms with Crippen LogP contribution in [0.2, 0.25) is 0 Å². The molecule has 234 valence electrons. The van der Waals surface area contributed by atoms with Crippen molar-refractivity contribution in [3.63, 3.8) is 0 Å². The second-order valence-electron chi connectivity index (χ2n) is 15.8. The lowest BCUT2D eigenvalue weighted by Crippen LogP contribution is -2.56. The quantitative estimate of drug-likeness (QED) is 0.165. The van der Waals surface area contributed by atoms with Gasteiger partial charge < -0.3 is 0 Å². The van der Waals surface area contributed by atoms with E-state index in [-0.39, 0.29) is 0 Å². The molecule has 0 saturated heterocycles. The van der Waals surface area contributed by atoms with Gasteiger partial charge in [0.25, 0.3) is 0 Å². The predicted octanol–water partition coefficient (Wildman–Crippen LogP) is 10.8. The lowest BCUT2D eigenvalue weighted by Gasteiger charge is -2.62. The first-order chi connectivity index (χ1) is 21.4. The van der Waals surface area contributed by atoms with Gasteiger partial charge in [0.2, 0.25) is 0 Å². The van der Waals surface area contributed by atoms with Crippen molar-refractivity contribution in [2.45, 2.75) is 96.2 Å². The van der Waals surface area contributed by atoms with Crippen molar-refractivity contribution in [2.75, 3.05) is 6.16 Å². The third-order valence-electron chi connectivity index (χ3n) is 14.2. The van der Waals surface area contributed by atoms with Gasteiger partial charge in [0, 0.05) is 4.83 Å². The highest BCUT2D eigenvalue weighted by Crippen LogP contribution is 2.69. The highest BCUT2D eigenvalue weighted by atomic mass is 79.9. The molecule has 4 fully saturated rings. The van der Waals surface area contributed by atoms with Crippen LogP contribution in [0, 0.1) is 46.3 Å². The molecule has 0 N–H and O–H groups in total. The first-order valence-electron chi connectivity index (χ1n) is 18.1. The van der Waals surface area contributed by atoms with Crippen LogP contribution >= 0.6 is 23.2 Å². The van der Waals surface area contributed by atoms with Crippen LogP contribution in [0.25, 0.3) is 0 Å². The Hall–Kier alpha value is -1.43. The maximum atomic E-state index is 4.27. The van der Waals surface area contributed by atoms with Gasteiger partial charge in [-0.1, -0.05) is 97.7 Å². The molecule has 0 radical (unpaired) electrons. The zero-order chi connectivity index (χ0) is 30.4. The first kappa shape index (κ1) is 31.2. The summed E-state index contributed by atoms with van der Waals surface area (Å²) in [6, 6.07) is 34.6. The van der Waals surface area contributed by atoms with Gasteiger partial charge in [-0.15, -0.1) is 0 Å². The number of benzene rings is 3. The second-order valence-corrected chi connectivity index (χ2v) is 20.5. The molecular formula is C42H55BrP+. The molecule has 7 rings (SSSR count). The minimum atomic E-state index is -1.74. The SMILES string of the molecule is CC(CCC[P+](c1ccccc1)(c1ccccc1)c1ccccc1)C1CC[C@H]2[C@@H]3CCC4CCCC(Br)[C@]4(C)[C@@H]3CC[C@]12C. The van der Waals surface area contributed by atoms with Crippen LogP contribution in [-0.2, 0) is 0 Å². The molecule has 3 aromatic carbocycles. The summed E-state index contributed by atoms with van der Waals surface area (Å²) in [5, 5.41) is 4.61. The Morgan fingerprint density at radius 1 is 0.705 bits per heavy atom. The topological polar surface area (TPSA) is 0 Å². The van der Waals surface area contributed by atoms with E-state index >= 15 is 0 Å². The van der Waals surface area contributed by atoms with Crippen LogP contribution in [0.1, 0.15) is 91.4 Å². The second kappa shape index (κ2) is 12.6. The van der Waals surface area contributed by atoms with Crippen molar-refractivity contribution in [3.8, 4) is 0 Å². The fraction of sp³-hybridized carbons (Fsp3) is 0.571. The largest absolute Gasteiger partial charge is 0.112 e. The maximum absolute atomic E-state index is 4.27. The lowest BCUT2D eigenvalue weighted by molar-refractivity contribution is -0.110. The van der Waals surface area contributed by atoms with Crippen molar-refractivity contribution in [1.29, 1.82) is 0 Å². The number of rotatable bonds is 8. The Balaban J connectivity index is 1.11. The minimum Gasteiger partial charge on any atom is -0.0885 e. The molecule has 0 spiro atoms. The molecule has 0 aliphatic heterocycles. The Kier molecular flexibility index (Phi) is 8.96. The standard InChI is InChI=1S/C42H55BrP/c1-31(37-26-27-38-36-25-24-32-16-13-23-40(43)42(32,3)39(36)28-29-41(37,38)2)15-14-30-44(33-17-7-4-8-18-33,34-19-9-5-10-20-34)35-21-11-6-12-22-35/h4-12,17-22,31-32,36-40H,13-16,23-30H2,1-3H3/q+1/t31?,32?,36-,37?,38-,39+,40?,41+,42-/m0/s1. The Morgan fingerprint density at radius 3 is 1.89 bits per heavy atom. The molecular weight excluding hydrogens is 615 g/mol. The number of fused-ring (bicyclic) bond motifs is 5. The average Bonchev–Trinajstić information content (AvgIpc) is 3.42. The highest BCUT2D eigenvalue weighted by Gasteiger charge is 2.61. The number of hydrogen-bond acceptors (Lipinski definition) is 0. The Bertz CT molecular complexity index is 1280. The van der Waals surface area contributed by atoms with Crippen LogP contribution in [0.3, 0.4) is 0 Å². The predicted molar refractivity (Wildman–Crippen MR) is 196 cm³/mol. The van der Waals surface area contributed by atoms with Crippen LogP contribution in [0.15, 0.2) is 91.0 Å². The Labute approximate surface area is 277 Å².